The van der Waals surface area contributed by atoms with Gasteiger partial charge in [-0.05, 0) is 0 Å². The number of carbonyl (C=O) groups excluding carboxylic acids is 1. The number of amides is 2. The second-order valence-electron chi connectivity index (χ2n) is 2.60. The Morgan fingerprint density at radius 3 is 2.06 bits per heavy atom. The molecule has 0 aromatic carbocycles. The average Bonchev–Trinajstić information content (AvgIpc) is 2.14. The number of carbonyl (C=O) groups is 2. The Labute approximate surface area is 88.8 Å². The van der Waals surface area contributed by atoms with E-state index in [9.17, 15) is 22.8 Å². The summed E-state index contributed by atoms with van der Waals surface area (Å²) in [6.45, 7) is -0.356. The normalized spacial score (nSPS) is 10.9. The molecule has 0 radical (unpaired) electrons. The molecule has 0 unspecified atom stereocenters. The summed E-state index contributed by atoms with van der Waals surface area (Å²) >= 11 is 0. The van der Waals surface area contributed by atoms with Crippen LogP contribution in [0.15, 0.2) is 0 Å². The Hall–Kier alpha value is -1.51. The van der Waals surface area contributed by atoms with Crippen molar-refractivity contribution in [3.63, 3.8) is 0 Å². The molecule has 0 aromatic rings. The van der Waals surface area contributed by atoms with Crippen molar-refractivity contribution in [3.8, 4) is 0 Å². The van der Waals surface area contributed by atoms with E-state index in [4.69, 9.17) is 9.84 Å². The molecule has 0 heterocycles. The highest BCUT2D eigenvalue weighted by Crippen LogP contribution is 2.13. The number of rotatable bonds is 6. The number of hydrogen-bond acceptors (Lipinski definition) is 3. The SMILES string of the molecule is O=C(O)NCCOCCNC(=O)C(F)(F)F. The molecule has 0 fully saturated rings. The maximum absolute atomic E-state index is 11.6. The van der Waals surface area contributed by atoms with Crippen molar-refractivity contribution < 1.29 is 32.6 Å². The van der Waals surface area contributed by atoms with Crippen LogP contribution >= 0.6 is 0 Å². The highest BCUT2D eigenvalue weighted by Gasteiger charge is 2.38. The zero-order valence-corrected chi connectivity index (χ0v) is 8.13. The lowest BCUT2D eigenvalue weighted by molar-refractivity contribution is -0.173. The molecular weight excluding hydrogens is 233 g/mol. The summed E-state index contributed by atoms with van der Waals surface area (Å²) in [4.78, 5) is 20.2. The lowest BCUT2D eigenvalue weighted by atomic mass is 10.5. The van der Waals surface area contributed by atoms with Gasteiger partial charge in [-0.2, -0.15) is 13.2 Å². The van der Waals surface area contributed by atoms with E-state index in [1.54, 1.807) is 5.32 Å². The average molecular weight is 244 g/mol. The lowest BCUT2D eigenvalue weighted by Gasteiger charge is -2.08. The Balaban J connectivity index is 3.34. The topological polar surface area (TPSA) is 87.7 Å². The lowest BCUT2D eigenvalue weighted by Crippen LogP contribution is -2.38. The number of alkyl halides is 3. The van der Waals surface area contributed by atoms with Crippen molar-refractivity contribution in [3.05, 3.63) is 0 Å². The maximum atomic E-state index is 11.6. The Morgan fingerprint density at radius 1 is 1.12 bits per heavy atom. The third kappa shape index (κ3) is 7.85. The molecule has 0 aliphatic rings. The number of halogens is 3. The number of nitrogens with one attached hydrogen (secondary N) is 2. The number of ether oxygens (including phenoxy) is 1. The second kappa shape index (κ2) is 6.88. The quantitative estimate of drug-likeness (QED) is 0.571. The van der Waals surface area contributed by atoms with Crippen LogP contribution < -0.4 is 10.6 Å². The zero-order chi connectivity index (χ0) is 12.6. The third-order valence-electron chi connectivity index (χ3n) is 1.31. The first-order chi connectivity index (χ1) is 7.34. The molecule has 0 spiro atoms. The van der Waals surface area contributed by atoms with E-state index in [-0.39, 0.29) is 26.3 Å². The molecule has 0 saturated carbocycles. The molecule has 0 rings (SSSR count). The molecule has 16 heavy (non-hydrogen) atoms. The van der Waals surface area contributed by atoms with Gasteiger partial charge >= 0.3 is 18.2 Å². The van der Waals surface area contributed by atoms with Crippen molar-refractivity contribution in [1.29, 1.82) is 0 Å². The fourth-order valence-electron chi connectivity index (χ4n) is 0.669. The molecule has 6 nitrogen and oxygen atoms in total. The van der Waals surface area contributed by atoms with Gasteiger partial charge in [0, 0.05) is 13.1 Å². The predicted octanol–water partition coefficient (Wildman–Crippen LogP) is -0.0509. The van der Waals surface area contributed by atoms with Gasteiger partial charge in [-0.1, -0.05) is 0 Å². The minimum Gasteiger partial charge on any atom is -0.465 e. The minimum atomic E-state index is -4.90. The van der Waals surface area contributed by atoms with Crippen LogP contribution in [0.1, 0.15) is 0 Å². The van der Waals surface area contributed by atoms with E-state index in [1.807, 2.05) is 5.32 Å². The van der Waals surface area contributed by atoms with Crippen LogP contribution in [0.4, 0.5) is 18.0 Å². The maximum Gasteiger partial charge on any atom is 0.471 e. The van der Waals surface area contributed by atoms with E-state index in [1.165, 1.54) is 0 Å². The molecule has 0 aliphatic carbocycles. The molecule has 3 N–H and O–H groups in total. The summed E-state index contributed by atoms with van der Waals surface area (Å²) in [5.74, 6) is -2.03. The number of carboxylic acid groups (broad SMARTS) is 1. The van der Waals surface area contributed by atoms with Crippen molar-refractivity contribution in [2.75, 3.05) is 26.3 Å². The smallest absolute Gasteiger partial charge is 0.465 e. The molecular formula is C7H11F3N2O4. The molecule has 0 aromatic heterocycles. The van der Waals surface area contributed by atoms with Gasteiger partial charge < -0.3 is 20.5 Å². The van der Waals surface area contributed by atoms with Crippen LogP contribution in [0.3, 0.4) is 0 Å². The van der Waals surface area contributed by atoms with E-state index in [2.05, 4.69) is 0 Å². The van der Waals surface area contributed by atoms with Crippen LogP contribution in [-0.4, -0.2) is 49.6 Å². The Bertz CT molecular complexity index is 244. The van der Waals surface area contributed by atoms with E-state index >= 15 is 0 Å². The monoisotopic (exact) mass is 244 g/mol. The molecule has 0 atom stereocenters. The fraction of sp³-hybridized carbons (Fsp3) is 0.714. The summed E-state index contributed by atoms with van der Waals surface area (Å²) in [5, 5.41) is 11.7. The Morgan fingerprint density at radius 2 is 1.62 bits per heavy atom. The molecule has 0 saturated heterocycles. The highest BCUT2D eigenvalue weighted by atomic mass is 19.4. The van der Waals surface area contributed by atoms with Gasteiger partial charge in [-0.15, -0.1) is 0 Å². The predicted molar refractivity (Wildman–Crippen MR) is 45.9 cm³/mol. The summed E-state index contributed by atoms with van der Waals surface area (Å²) in [7, 11) is 0. The van der Waals surface area contributed by atoms with E-state index in [0.29, 0.717) is 0 Å². The molecule has 0 bridgehead atoms. The Kier molecular flexibility index (Phi) is 6.23. The van der Waals surface area contributed by atoms with Gasteiger partial charge in [0.1, 0.15) is 0 Å². The second-order valence-corrected chi connectivity index (χ2v) is 2.60. The van der Waals surface area contributed by atoms with Crippen LogP contribution in [0.5, 0.6) is 0 Å². The van der Waals surface area contributed by atoms with Crippen molar-refractivity contribution >= 4 is 12.0 Å². The first kappa shape index (κ1) is 14.5. The van der Waals surface area contributed by atoms with Gasteiger partial charge in [0.25, 0.3) is 0 Å². The first-order valence-corrected chi connectivity index (χ1v) is 4.23. The summed E-state index contributed by atoms with van der Waals surface area (Å²) in [6.07, 6.45) is -6.11. The van der Waals surface area contributed by atoms with Crippen LogP contribution in [0.25, 0.3) is 0 Å². The van der Waals surface area contributed by atoms with Crippen LogP contribution in [-0.2, 0) is 9.53 Å². The summed E-state index contributed by atoms with van der Waals surface area (Å²) in [6, 6.07) is 0. The highest BCUT2D eigenvalue weighted by molar-refractivity contribution is 5.81. The van der Waals surface area contributed by atoms with E-state index < -0.39 is 18.2 Å². The molecule has 9 heteroatoms. The third-order valence-corrected chi connectivity index (χ3v) is 1.31. The van der Waals surface area contributed by atoms with Crippen molar-refractivity contribution in [2.24, 2.45) is 0 Å². The molecule has 94 valence electrons. The fourth-order valence-corrected chi connectivity index (χ4v) is 0.669. The summed E-state index contributed by atoms with van der Waals surface area (Å²) < 4.78 is 39.7. The zero-order valence-electron chi connectivity index (χ0n) is 8.13. The van der Waals surface area contributed by atoms with Gasteiger partial charge in [0.05, 0.1) is 13.2 Å². The molecule has 2 amide bonds. The van der Waals surface area contributed by atoms with Gasteiger partial charge in [-0.3, -0.25) is 4.79 Å². The van der Waals surface area contributed by atoms with Gasteiger partial charge in [0.2, 0.25) is 0 Å². The number of hydrogen-bond donors (Lipinski definition) is 3. The van der Waals surface area contributed by atoms with E-state index in [0.717, 1.165) is 0 Å². The van der Waals surface area contributed by atoms with Gasteiger partial charge in [0.15, 0.2) is 0 Å². The van der Waals surface area contributed by atoms with Crippen LogP contribution in [0.2, 0.25) is 0 Å². The largest absolute Gasteiger partial charge is 0.471 e. The standard InChI is InChI=1S/C7H11F3N2O4/c8-7(9,10)5(13)11-1-3-16-4-2-12-6(14)15/h12H,1-4H2,(H,11,13)(H,14,15). The van der Waals surface area contributed by atoms with Crippen LogP contribution in [0, 0.1) is 0 Å². The van der Waals surface area contributed by atoms with Gasteiger partial charge in [-0.25, -0.2) is 4.79 Å². The van der Waals surface area contributed by atoms with Crippen molar-refractivity contribution in [2.45, 2.75) is 6.18 Å². The first-order valence-electron chi connectivity index (χ1n) is 4.23. The molecule has 0 aliphatic heterocycles. The van der Waals surface area contributed by atoms with Crippen molar-refractivity contribution in [1.82, 2.24) is 10.6 Å². The minimum absolute atomic E-state index is 0.0220. The summed E-state index contributed by atoms with van der Waals surface area (Å²) in [5.41, 5.74) is 0.